The Morgan fingerprint density at radius 3 is 2.86 bits per heavy atom. The molecule has 2 amide bonds. The molecule has 3 aliphatic rings. The van der Waals surface area contributed by atoms with Gasteiger partial charge in [-0.05, 0) is 29.8 Å². The fourth-order valence-electron chi connectivity index (χ4n) is 4.51. The smallest absolute Gasteiger partial charge is 0.230 e. The summed E-state index contributed by atoms with van der Waals surface area (Å²) in [5.74, 6) is -0.527. The summed E-state index contributed by atoms with van der Waals surface area (Å²) in [6.45, 7) is 1.20. The van der Waals surface area contributed by atoms with Crippen LogP contribution < -0.4 is 5.32 Å². The van der Waals surface area contributed by atoms with Gasteiger partial charge in [-0.2, -0.15) is 0 Å². The Hall–Kier alpha value is -2.57. The Morgan fingerprint density at radius 2 is 2.11 bits per heavy atom. The van der Waals surface area contributed by atoms with Crippen LogP contribution >= 0.6 is 11.6 Å². The lowest BCUT2D eigenvalue weighted by Crippen LogP contribution is -2.43. The van der Waals surface area contributed by atoms with E-state index in [4.69, 9.17) is 20.8 Å². The number of amides is 2. The van der Waals surface area contributed by atoms with E-state index in [-0.39, 0.29) is 17.9 Å². The largest absolute Gasteiger partial charge is 0.467 e. The summed E-state index contributed by atoms with van der Waals surface area (Å²) < 4.78 is 11.5. The van der Waals surface area contributed by atoms with E-state index in [0.29, 0.717) is 30.4 Å². The van der Waals surface area contributed by atoms with Crippen molar-refractivity contribution < 1.29 is 18.7 Å². The lowest BCUT2D eigenvalue weighted by molar-refractivity contribution is -0.138. The molecule has 1 spiro atoms. The Balaban J connectivity index is 1.32. The number of fused-ring (bicyclic) bond motifs is 1. The number of carbonyl (C=O) groups is 2. The third-order valence-corrected chi connectivity index (χ3v) is 6.04. The van der Waals surface area contributed by atoms with Crippen LogP contribution in [0.1, 0.15) is 11.3 Å². The number of rotatable bonds is 5. The van der Waals surface area contributed by atoms with Gasteiger partial charge in [0, 0.05) is 11.6 Å². The molecule has 0 unspecified atom stereocenters. The van der Waals surface area contributed by atoms with E-state index in [1.807, 2.05) is 30.4 Å². The predicted molar refractivity (Wildman–Crippen MR) is 101 cm³/mol. The molecule has 2 bridgehead atoms. The van der Waals surface area contributed by atoms with Crippen LogP contribution in [0.5, 0.6) is 0 Å². The van der Waals surface area contributed by atoms with Crippen molar-refractivity contribution in [2.75, 3.05) is 6.54 Å². The molecular weight excluding hydrogens is 380 g/mol. The van der Waals surface area contributed by atoms with Crippen molar-refractivity contribution >= 4 is 23.4 Å². The van der Waals surface area contributed by atoms with Crippen molar-refractivity contribution in [1.29, 1.82) is 0 Å². The molecule has 3 aliphatic heterocycles. The Bertz CT molecular complexity index is 940. The molecular formula is C21H19ClN2O4. The number of nitrogens with zero attached hydrogens (tertiary/aromatic N) is 1. The standard InChI is InChI=1S/C21H19ClN2O4/c22-14-5-3-13(4-6-14)10-23-19(25)17-16-7-8-21(28-16)12-24(20(26)18(17)21)11-15-2-1-9-27-15/h1-9,16-18H,10-12H2,(H,23,25)/t16-,17-,18-,21-/m1/s1. The van der Waals surface area contributed by atoms with Crippen LogP contribution in [0.3, 0.4) is 0 Å². The van der Waals surface area contributed by atoms with Crippen LogP contribution in [0.15, 0.2) is 59.2 Å². The van der Waals surface area contributed by atoms with Crippen LogP contribution in [0.25, 0.3) is 0 Å². The van der Waals surface area contributed by atoms with Crippen LogP contribution in [-0.2, 0) is 27.4 Å². The van der Waals surface area contributed by atoms with Gasteiger partial charge in [0.05, 0.1) is 37.3 Å². The number of furan rings is 1. The molecule has 6 nitrogen and oxygen atoms in total. The lowest BCUT2D eigenvalue weighted by Gasteiger charge is -2.23. The second-order valence-corrected chi connectivity index (χ2v) is 7.95. The summed E-state index contributed by atoms with van der Waals surface area (Å²) in [4.78, 5) is 27.8. The SMILES string of the molecule is O=C(NCc1ccc(Cl)cc1)[C@@H]1[C@H]2C=C[C@]3(CN(Cc4ccco4)C(=O)[C@@H]13)O2. The minimum absolute atomic E-state index is 0.0603. The zero-order valence-electron chi connectivity index (χ0n) is 15.0. The number of ether oxygens (including phenoxy) is 1. The Morgan fingerprint density at radius 1 is 1.29 bits per heavy atom. The maximum atomic E-state index is 13.1. The quantitative estimate of drug-likeness (QED) is 0.785. The first-order chi connectivity index (χ1) is 13.6. The maximum Gasteiger partial charge on any atom is 0.230 e. The van der Waals surface area contributed by atoms with Crippen molar-refractivity contribution in [3.63, 3.8) is 0 Å². The second-order valence-electron chi connectivity index (χ2n) is 7.52. The van der Waals surface area contributed by atoms with E-state index in [1.54, 1.807) is 29.4 Å². The first kappa shape index (κ1) is 17.5. The van der Waals surface area contributed by atoms with Gasteiger partial charge < -0.3 is 19.4 Å². The molecule has 0 saturated carbocycles. The van der Waals surface area contributed by atoms with Gasteiger partial charge in [0.25, 0.3) is 0 Å². The van der Waals surface area contributed by atoms with Crippen molar-refractivity contribution in [3.8, 4) is 0 Å². The molecule has 0 radical (unpaired) electrons. The average molecular weight is 399 g/mol. The van der Waals surface area contributed by atoms with Crippen LogP contribution in [0.4, 0.5) is 0 Å². The summed E-state index contributed by atoms with van der Waals surface area (Å²) in [5.41, 5.74) is 0.237. The van der Waals surface area contributed by atoms with Gasteiger partial charge in [0.1, 0.15) is 11.4 Å². The highest BCUT2D eigenvalue weighted by atomic mass is 35.5. The Labute approximate surface area is 167 Å². The monoisotopic (exact) mass is 398 g/mol. The molecule has 2 fully saturated rings. The molecule has 4 heterocycles. The van der Waals surface area contributed by atoms with Gasteiger partial charge in [0.2, 0.25) is 11.8 Å². The molecule has 28 heavy (non-hydrogen) atoms. The van der Waals surface area contributed by atoms with Gasteiger partial charge >= 0.3 is 0 Å². The first-order valence-electron chi connectivity index (χ1n) is 9.26. The maximum absolute atomic E-state index is 13.1. The topological polar surface area (TPSA) is 71.8 Å². The average Bonchev–Trinajstić information content (AvgIpc) is 3.45. The number of benzene rings is 1. The van der Waals surface area contributed by atoms with Crippen molar-refractivity contribution in [2.45, 2.75) is 24.8 Å². The highest BCUT2D eigenvalue weighted by Crippen LogP contribution is 2.52. The number of nitrogens with one attached hydrogen (secondary N) is 1. The molecule has 7 heteroatoms. The summed E-state index contributed by atoms with van der Waals surface area (Å²) in [7, 11) is 0. The van der Waals surface area contributed by atoms with Gasteiger partial charge in [-0.1, -0.05) is 35.9 Å². The molecule has 0 aliphatic carbocycles. The molecule has 2 aromatic rings. The number of carbonyl (C=O) groups excluding carboxylic acids is 2. The second kappa shape index (κ2) is 6.50. The van der Waals surface area contributed by atoms with Crippen molar-refractivity contribution in [1.82, 2.24) is 10.2 Å². The third kappa shape index (κ3) is 2.75. The zero-order valence-corrected chi connectivity index (χ0v) is 15.8. The first-order valence-corrected chi connectivity index (χ1v) is 9.64. The lowest BCUT2D eigenvalue weighted by atomic mass is 9.77. The van der Waals surface area contributed by atoms with Gasteiger partial charge in [-0.3, -0.25) is 9.59 Å². The summed E-state index contributed by atoms with van der Waals surface area (Å²) >= 11 is 5.90. The van der Waals surface area contributed by atoms with E-state index in [1.165, 1.54) is 0 Å². The molecule has 144 valence electrons. The fraction of sp³-hybridized carbons (Fsp3) is 0.333. The van der Waals surface area contributed by atoms with E-state index in [0.717, 1.165) is 5.56 Å². The molecule has 1 aromatic heterocycles. The van der Waals surface area contributed by atoms with Crippen LogP contribution in [-0.4, -0.2) is 35.0 Å². The van der Waals surface area contributed by atoms with Crippen molar-refractivity contribution in [2.24, 2.45) is 11.8 Å². The summed E-state index contributed by atoms with van der Waals surface area (Å²) in [6, 6.07) is 10.9. The summed E-state index contributed by atoms with van der Waals surface area (Å²) in [5, 5.41) is 3.60. The fourth-order valence-corrected chi connectivity index (χ4v) is 4.64. The molecule has 5 rings (SSSR count). The Kier molecular flexibility index (Phi) is 4.07. The normalized spacial score (nSPS) is 30.1. The van der Waals surface area contributed by atoms with Gasteiger partial charge in [0.15, 0.2) is 0 Å². The minimum atomic E-state index is -0.712. The van der Waals surface area contributed by atoms with Gasteiger partial charge in [-0.15, -0.1) is 0 Å². The summed E-state index contributed by atoms with van der Waals surface area (Å²) in [6.07, 6.45) is 5.09. The van der Waals surface area contributed by atoms with Crippen molar-refractivity contribution in [3.05, 3.63) is 71.2 Å². The molecule has 2 saturated heterocycles. The van der Waals surface area contributed by atoms with E-state index in [9.17, 15) is 9.59 Å². The van der Waals surface area contributed by atoms with Crippen LogP contribution in [0.2, 0.25) is 5.02 Å². The number of hydrogen-bond donors (Lipinski definition) is 1. The number of likely N-dealkylation sites (tertiary alicyclic amines) is 1. The highest BCUT2D eigenvalue weighted by Gasteiger charge is 2.66. The molecule has 4 atom stereocenters. The van der Waals surface area contributed by atoms with E-state index in [2.05, 4.69) is 5.32 Å². The number of hydrogen-bond acceptors (Lipinski definition) is 4. The highest BCUT2D eigenvalue weighted by molar-refractivity contribution is 6.30. The van der Waals surface area contributed by atoms with E-state index < -0.39 is 17.4 Å². The molecule has 1 aromatic carbocycles. The molecule has 1 N–H and O–H groups in total. The third-order valence-electron chi connectivity index (χ3n) is 5.79. The van der Waals surface area contributed by atoms with E-state index >= 15 is 0 Å². The van der Waals surface area contributed by atoms with Gasteiger partial charge in [-0.25, -0.2) is 0 Å². The zero-order chi connectivity index (χ0) is 19.3. The van der Waals surface area contributed by atoms with Crippen LogP contribution in [0, 0.1) is 11.8 Å². The minimum Gasteiger partial charge on any atom is -0.467 e. The number of halogens is 1. The predicted octanol–water partition coefficient (Wildman–Crippen LogP) is 2.53.